The van der Waals surface area contributed by atoms with Gasteiger partial charge in [0.15, 0.2) is 11.9 Å². The fourth-order valence-electron chi connectivity index (χ4n) is 5.09. The first kappa shape index (κ1) is 28.2. The standard InChI is InChI=1S/C29H35N3O7/c1-16-13-23(34)26(19-8-5-9-19)39-29(38)17(2)25(35)21(14-18-7-6-12-30-15-18)31-28(37)24(16)32-27(36)20-10-3-4-11-22(20)33/h3-4,6-7,10-12,15-17,19,21,24-26,33,35H,5,8-9,13-14H2,1-2H3,(H,31,37)(H,32,36)/t16-,17+,21-,24-,25-,26?/m0/s1. The molecule has 2 heterocycles. The summed E-state index contributed by atoms with van der Waals surface area (Å²) in [5.41, 5.74) is 0.705. The van der Waals surface area contributed by atoms with Crippen LogP contribution in [0.5, 0.6) is 5.75 Å². The van der Waals surface area contributed by atoms with Gasteiger partial charge in [-0.2, -0.15) is 0 Å². The number of carbonyl (C=O) groups is 4. The number of ketones is 1. The largest absolute Gasteiger partial charge is 0.507 e. The summed E-state index contributed by atoms with van der Waals surface area (Å²) < 4.78 is 5.70. The quantitative estimate of drug-likeness (QED) is 0.422. The van der Waals surface area contributed by atoms with Crippen molar-refractivity contribution in [3.8, 4) is 5.75 Å². The first-order valence-corrected chi connectivity index (χ1v) is 13.3. The number of aromatic hydroxyl groups is 1. The molecule has 4 N–H and O–H groups in total. The van der Waals surface area contributed by atoms with Crippen molar-refractivity contribution in [2.24, 2.45) is 17.8 Å². The summed E-state index contributed by atoms with van der Waals surface area (Å²) >= 11 is 0. The van der Waals surface area contributed by atoms with E-state index in [2.05, 4.69) is 15.6 Å². The van der Waals surface area contributed by atoms with Gasteiger partial charge in [-0.25, -0.2) is 0 Å². The number of aliphatic hydroxyl groups is 1. The van der Waals surface area contributed by atoms with Crippen molar-refractivity contribution >= 4 is 23.6 Å². The number of nitrogens with zero attached hydrogens (tertiary/aromatic N) is 1. The van der Waals surface area contributed by atoms with E-state index in [1.807, 2.05) is 0 Å². The maximum atomic E-state index is 13.7. The second-order valence-electron chi connectivity index (χ2n) is 10.6. The summed E-state index contributed by atoms with van der Waals surface area (Å²) in [6, 6.07) is 7.37. The molecular weight excluding hydrogens is 502 g/mol. The number of benzene rings is 1. The van der Waals surface area contributed by atoms with Gasteiger partial charge in [-0.05, 0) is 55.9 Å². The second-order valence-corrected chi connectivity index (χ2v) is 10.6. The molecule has 1 saturated carbocycles. The molecule has 2 amide bonds. The number of carbonyl (C=O) groups excluding carboxylic acids is 4. The van der Waals surface area contributed by atoms with Crippen LogP contribution in [0.4, 0.5) is 0 Å². The Kier molecular flexibility index (Phi) is 8.96. The van der Waals surface area contributed by atoms with Gasteiger partial charge in [0, 0.05) is 24.7 Å². The number of phenolic OH excluding ortho intramolecular Hbond substituents is 1. The maximum Gasteiger partial charge on any atom is 0.312 e. The van der Waals surface area contributed by atoms with Crippen LogP contribution in [0.1, 0.15) is 55.5 Å². The number of ether oxygens (including phenoxy) is 1. The molecule has 1 aromatic heterocycles. The molecule has 0 radical (unpaired) electrons. The number of phenols is 1. The van der Waals surface area contributed by atoms with E-state index in [1.54, 1.807) is 43.6 Å². The number of aromatic nitrogens is 1. The lowest BCUT2D eigenvalue weighted by molar-refractivity contribution is -0.168. The fraction of sp³-hybridized carbons (Fsp3) is 0.483. The predicted octanol–water partition coefficient (Wildman–Crippen LogP) is 1.93. The van der Waals surface area contributed by atoms with Crippen molar-refractivity contribution in [2.75, 3.05) is 0 Å². The third-order valence-corrected chi connectivity index (χ3v) is 7.75. The molecule has 0 bridgehead atoms. The van der Waals surface area contributed by atoms with Crippen LogP contribution in [0.2, 0.25) is 0 Å². The van der Waals surface area contributed by atoms with Gasteiger partial charge in [0.1, 0.15) is 11.8 Å². The minimum absolute atomic E-state index is 0.0169. The number of Topliss-reactive ketones (excluding diaryl/α,β-unsaturated/α-hetero) is 1. The first-order valence-electron chi connectivity index (χ1n) is 13.3. The van der Waals surface area contributed by atoms with Crippen LogP contribution in [-0.2, 0) is 25.5 Å². The molecular formula is C29H35N3O7. The van der Waals surface area contributed by atoms with Crippen LogP contribution in [-0.4, -0.2) is 63.1 Å². The molecule has 1 aliphatic carbocycles. The zero-order chi connectivity index (χ0) is 28.1. The lowest BCUT2D eigenvalue weighted by Crippen LogP contribution is -2.58. The molecule has 6 atom stereocenters. The average Bonchev–Trinajstić information content (AvgIpc) is 2.89. The molecule has 39 heavy (non-hydrogen) atoms. The van der Waals surface area contributed by atoms with Crippen molar-refractivity contribution < 1.29 is 34.1 Å². The van der Waals surface area contributed by atoms with Gasteiger partial charge < -0.3 is 25.6 Å². The Morgan fingerprint density at radius 3 is 2.51 bits per heavy atom. The van der Waals surface area contributed by atoms with Crippen LogP contribution < -0.4 is 10.6 Å². The number of cyclic esters (lactones) is 1. The number of aliphatic hydroxyl groups excluding tert-OH is 1. The Morgan fingerprint density at radius 2 is 1.87 bits per heavy atom. The molecule has 208 valence electrons. The zero-order valence-corrected chi connectivity index (χ0v) is 22.1. The van der Waals surface area contributed by atoms with Crippen LogP contribution in [0.3, 0.4) is 0 Å². The molecule has 1 aromatic carbocycles. The SMILES string of the molecule is C[C@H]1CC(=O)C(C2CCC2)OC(=O)[C@H](C)[C@H](O)[C@H](Cc2cccnc2)NC(=O)[C@H]1NC(=O)c1ccccc1O. The lowest BCUT2D eigenvalue weighted by Gasteiger charge is -2.36. The van der Waals surface area contributed by atoms with Gasteiger partial charge >= 0.3 is 5.97 Å². The average molecular weight is 538 g/mol. The Labute approximate surface area is 227 Å². The van der Waals surface area contributed by atoms with Crippen molar-refractivity contribution in [1.29, 1.82) is 0 Å². The van der Waals surface area contributed by atoms with Gasteiger partial charge in [0.2, 0.25) is 5.91 Å². The molecule has 10 heteroatoms. The smallest absolute Gasteiger partial charge is 0.312 e. The van der Waals surface area contributed by atoms with Gasteiger partial charge in [-0.15, -0.1) is 0 Å². The van der Waals surface area contributed by atoms with E-state index in [1.165, 1.54) is 19.1 Å². The summed E-state index contributed by atoms with van der Waals surface area (Å²) in [7, 11) is 0. The first-order chi connectivity index (χ1) is 18.7. The molecule has 1 unspecified atom stereocenters. The third kappa shape index (κ3) is 6.62. The normalized spacial score (nSPS) is 28.7. The van der Waals surface area contributed by atoms with E-state index in [0.29, 0.717) is 0 Å². The number of hydrogen-bond acceptors (Lipinski definition) is 8. The van der Waals surface area contributed by atoms with Gasteiger partial charge in [-0.3, -0.25) is 24.2 Å². The highest BCUT2D eigenvalue weighted by atomic mass is 16.5. The molecule has 4 rings (SSSR count). The summed E-state index contributed by atoms with van der Waals surface area (Å²) in [4.78, 5) is 57.2. The van der Waals surface area contributed by atoms with Crippen molar-refractivity contribution in [3.63, 3.8) is 0 Å². The number of pyridine rings is 1. The van der Waals surface area contributed by atoms with Gasteiger partial charge in [0.25, 0.3) is 5.91 Å². The molecule has 2 aliphatic rings. The Hall–Kier alpha value is -3.79. The van der Waals surface area contributed by atoms with E-state index in [0.717, 1.165) is 24.8 Å². The molecule has 0 spiro atoms. The summed E-state index contributed by atoms with van der Waals surface area (Å²) in [5, 5.41) is 26.9. The Bertz CT molecular complexity index is 1200. The number of para-hydroxylation sites is 1. The topological polar surface area (TPSA) is 155 Å². The lowest BCUT2D eigenvalue weighted by atomic mass is 9.77. The van der Waals surface area contributed by atoms with Crippen molar-refractivity contribution in [3.05, 3.63) is 59.9 Å². The van der Waals surface area contributed by atoms with E-state index >= 15 is 0 Å². The van der Waals surface area contributed by atoms with Crippen molar-refractivity contribution in [2.45, 2.75) is 70.2 Å². The van der Waals surface area contributed by atoms with Crippen LogP contribution in [0.25, 0.3) is 0 Å². The number of nitrogens with one attached hydrogen (secondary N) is 2. The number of rotatable bonds is 5. The summed E-state index contributed by atoms with van der Waals surface area (Å²) in [6.07, 6.45) is 3.34. The molecule has 10 nitrogen and oxygen atoms in total. The Morgan fingerprint density at radius 1 is 1.13 bits per heavy atom. The molecule has 2 fully saturated rings. The second kappa shape index (κ2) is 12.4. The molecule has 1 saturated heterocycles. The number of amides is 2. The van der Waals surface area contributed by atoms with Crippen LogP contribution >= 0.6 is 0 Å². The van der Waals surface area contributed by atoms with Crippen LogP contribution in [0.15, 0.2) is 48.8 Å². The van der Waals surface area contributed by atoms with Crippen LogP contribution in [0, 0.1) is 17.8 Å². The van der Waals surface area contributed by atoms with E-state index < -0.39 is 53.9 Å². The van der Waals surface area contributed by atoms with Gasteiger partial charge in [0.05, 0.1) is 23.6 Å². The monoisotopic (exact) mass is 537 g/mol. The zero-order valence-electron chi connectivity index (χ0n) is 22.1. The minimum Gasteiger partial charge on any atom is -0.507 e. The van der Waals surface area contributed by atoms with E-state index in [4.69, 9.17) is 4.74 Å². The Balaban J connectivity index is 1.67. The van der Waals surface area contributed by atoms with E-state index in [-0.39, 0.29) is 35.9 Å². The maximum absolute atomic E-state index is 13.7. The highest BCUT2D eigenvalue weighted by Gasteiger charge is 2.42. The molecule has 1 aliphatic heterocycles. The predicted molar refractivity (Wildman–Crippen MR) is 140 cm³/mol. The number of esters is 1. The van der Waals surface area contributed by atoms with E-state index in [9.17, 15) is 29.4 Å². The number of hydrogen-bond donors (Lipinski definition) is 4. The fourth-order valence-corrected chi connectivity index (χ4v) is 5.09. The van der Waals surface area contributed by atoms with Gasteiger partial charge in [-0.1, -0.05) is 31.5 Å². The highest BCUT2D eigenvalue weighted by Crippen LogP contribution is 2.34. The third-order valence-electron chi connectivity index (χ3n) is 7.75. The summed E-state index contributed by atoms with van der Waals surface area (Å²) in [5.74, 6) is -4.40. The molecule has 2 aromatic rings. The van der Waals surface area contributed by atoms with Crippen molar-refractivity contribution in [1.82, 2.24) is 15.6 Å². The highest BCUT2D eigenvalue weighted by molar-refractivity contribution is 6.00. The minimum atomic E-state index is -1.34. The summed E-state index contributed by atoms with van der Waals surface area (Å²) in [6.45, 7) is 3.16.